The van der Waals surface area contributed by atoms with Gasteiger partial charge in [0.15, 0.2) is 4.80 Å². The van der Waals surface area contributed by atoms with Gasteiger partial charge in [-0.3, -0.25) is 4.79 Å². The number of carbonyl (C=O) groups excluding carboxylic acids is 1. The Morgan fingerprint density at radius 2 is 2.17 bits per heavy atom. The molecule has 3 nitrogen and oxygen atoms in total. The molecule has 0 saturated heterocycles. The van der Waals surface area contributed by atoms with Gasteiger partial charge in [-0.05, 0) is 23.6 Å². The molecule has 0 spiro atoms. The molecule has 0 unspecified atom stereocenters. The van der Waals surface area contributed by atoms with Crippen molar-refractivity contribution in [3.63, 3.8) is 0 Å². The third-order valence-corrected chi connectivity index (χ3v) is 4.12. The summed E-state index contributed by atoms with van der Waals surface area (Å²) in [5, 5.41) is 0. The highest BCUT2D eigenvalue weighted by atomic mass is 32.1. The summed E-state index contributed by atoms with van der Waals surface area (Å²) in [4.78, 5) is 16.3. The first-order valence-electron chi connectivity index (χ1n) is 6.20. The van der Waals surface area contributed by atoms with Crippen molar-refractivity contribution in [2.75, 3.05) is 0 Å². The smallest absolute Gasteiger partial charge is 0.248 e. The summed E-state index contributed by atoms with van der Waals surface area (Å²) in [6, 6.07) is 6.45. The molecule has 0 saturated carbocycles. The minimum absolute atomic E-state index is 0.0683. The van der Waals surface area contributed by atoms with Gasteiger partial charge in [0.25, 0.3) is 0 Å². The van der Waals surface area contributed by atoms with E-state index in [0.717, 1.165) is 10.3 Å². The number of hydrogen-bond acceptors (Lipinski definition) is 2. The maximum Gasteiger partial charge on any atom is 0.248 e. The molecule has 2 rings (SSSR count). The summed E-state index contributed by atoms with van der Waals surface area (Å²) in [6.07, 6.45) is 0.450. The van der Waals surface area contributed by atoms with E-state index in [0.29, 0.717) is 12.3 Å². The van der Waals surface area contributed by atoms with E-state index in [1.54, 1.807) is 11.3 Å². The number of carbonyl (C=O) groups is 1. The van der Waals surface area contributed by atoms with E-state index in [-0.39, 0.29) is 5.91 Å². The lowest BCUT2D eigenvalue weighted by molar-refractivity contribution is -0.117. The number of hydrogen-bond donors (Lipinski definition) is 0. The Labute approximate surface area is 111 Å². The largest absolute Gasteiger partial charge is 0.319 e. The van der Waals surface area contributed by atoms with Gasteiger partial charge in [0.2, 0.25) is 5.91 Å². The third kappa shape index (κ3) is 2.38. The van der Waals surface area contributed by atoms with Crippen LogP contribution in [-0.4, -0.2) is 10.5 Å². The average molecular weight is 262 g/mol. The molecule has 0 fully saturated rings. The zero-order chi connectivity index (χ0) is 13.3. The molecule has 0 aliphatic carbocycles. The summed E-state index contributed by atoms with van der Waals surface area (Å²) in [5.41, 5.74) is 2.45. The molecular formula is C14H18N2OS. The molecule has 0 radical (unpaired) electrons. The average Bonchev–Trinajstić information content (AvgIpc) is 2.65. The highest BCUT2D eigenvalue weighted by Gasteiger charge is 2.06. The molecule has 1 heterocycles. The third-order valence-electron chi connectivity index (χ3n) is 3.02. The molecule has 0 N–H and O–H groups in total. The summed E-state index contributed by atoms with van der Waals surface area (Å²) in [6.45, 7) is 6.19. The van der Waals surface area contributed by atoms with Crippen LogP contribution in [0.4, 0.5) is 0 Å². The van der Waals surface area contributed by atoms with Gasteiger partial charge in [0, 0.05) is 13.5 Å². The Morgan fingerprint density at radius 3 is 2.78 bits per heavy atom. The van der Waals surface area contributed by atoms with Gasteiger partial charge in [0.05, 0.1) is 10.2 Å². The minimum atomic E-state index is -0.0683. The Balaban J connectivity index is 2.62. The quantitative estimate of drug-likeness (QED) is 0.818. The summed E-state index contributed by atoms with van der Waals surface area (Å²) >= 11 is 1.57. The fourth-order valence-corrected chi connectivity index (χ4v) is 2.89. The molecule has 18 heavy (non-hydrogen) atoms. The normalized spacial score (nSPS) is 12.6. The monoisotopic (exact) mass is 262 g/mol. The topological polar surface area (TPSA) is 34.4 Å². The predicted molar refractivity (Wildman–Crippen MR) is 75.7 cm³/mol. The van der Waals surface area contributed by atoms with Crippen molar-refractivity contribution in [1.82, 2.24) is 4.57 Å². The van der Waals surface area contributed by atoms with Crippen LogP contribution in [0.25, 0.3) is 10.2 Å². The summed E-state index contributed by atoms with van der Waals surface area (Å²) in [7, 11) is 1.95. The fraction of sp³-hybridized carbons (Fsp3) is 0.429. The first-order chi connectivity index (χ1) is 8.52. The number of aryl methyl sites for hydroxylation is 1. The van der Waals surface area contributed by atoms with Crippen LogP contribution in [0.2, 0.25) is 0 Å². The Morgan fingerprint density at radius 1 is 1.44 bits per heavy atom. The second-order valence-electron chi connectivity index (χ2n) is 4.68. The number of fused-ring (bicyclic) bond motifs is 1. The maximum atomic E-state index is 11.4. The number of benzene rings is 1. The first-order valence-corrected chi connectivity index (χ1v) is 7.01. The molecular weight excluding hydrogens is 244 g/mol. The van der Waals surface area contributed by atoms with Crippen molar-refractivity contribution in [3.05, 3.63) is 28.6 Å². The molecule has 0 bridgehead atoms. The van der Waals surface area contributed by atoms with Gasteiger partial charge in [0.1, 0.15) is 0 Å². The minimum Gasteiger partial charge on any atom is -0.319 e. The van der Waals surface area contributed by atoms with Crippen molar-refractivity contribution in [3.8, 4) is 0 Å². The lowest BCUT2D eigenvalue weighted by Gasteiger charge is -2.04. The van der Waals surface area contributed by atoms with Crippen LogP contribution in [0.1, 0.15) is 38.7 Å². The molecule has 1 aromatic carbocycles. The van der Waals surface area contributed by atoms with E-state index in [1.807, 2.05) is 18.5 Å². The molecule has 2 aromatic rings. The van der Waals surface area contributed by atoms with E-state index in [2.05, 4.69) is 37.0 Å². The second-order valence-corrected chi connectivity index (χ2v) is 5.69. The molecule has 0 aliphatic rings. The van der Waals surface area contributed by atoms with Gasteiger partial charge < -0.3 is 4.57 Å². The van der Waals surface area contributed by atoms with Gasteiger partial charge in [-0.1, -0.05) is 38.2 Å². The van der Waals surface area contributed by atoms with Crippen molar-refractivity contribution in [1.29, 1.82) is 0 Å². The Hall–Kier alpha value is -1.42. The fourth-order valence-electron chi connectivity index (χ4n) is 1.80. The zero-order valence-corrected chi connectivity index (χ0v) is 12.0. The van der Waals surface area contributed by atoms with Crippen LogP contribution >= 0.6 is 11.3 Å². The Bertz CT molecular complexity index is 649. The number of amides is 1. The van der Waals surface area contributed by atoms with Crippen LogP contribution in [-0.2, 0) is 11.8 Å². The van der Waals surface area contributed by atoms with Crippen LogP contribution in [0, 0.1) is 0 Å². The van der Waals surface area contributed by atoms with Gasteiger partial charge in [-0.25, -0.2) is 0 Å². The van der Waals surface area contributed by atoms with Gasteiger partial charge >= 0.3 is 0 Å². The second kappa shape index (κ2) is 5.06. The Kier molecular flexibility index (Phi) is 3.66. The zero-order valence-electron chi connectivity index (χ0n) is 11.2. The molecule has 1 aromatic heterocycles. The lowest BCUT2D eigenvalue weighted by Crippen LogP contribution is -2.12. The predicted octanol–water partition coefficient (Wildman–Crippen LogP) is 3.20. The van der Waals surface area contributed by atoms with Crippen molar-refractivity contribution >= 4 is 27.5 Å². The maximum absolute atomic E-state index is 11.4. The number of nitrogens with zero attached hydrogens (tertiary/aromatic N) is 2. The van der Waals surface area contributed by atoms with E-state index < -0.39 is 0 Å². The van der Waals surface area contributed by atoms with Crippen LogP contribution < -0.4 is 4.80 Å². The SMILES string of the molecule is CCC(=O)N=c1sc2cc(C(C)C)ccc2n1C. The highest BCUT2D eigenvalue weighted by Crippen LogP contribution is 2.22. The van der Waals surface area contributed by atoms with Gasteiger partial charge in [-0.15, -0.1) is 0 Å². The molecule has 0 aliphatic heterocycles. The highest BCUT2D eigenvalue weighted by molar-refractivity contribution is 7.16. The number of thiazole rings is 1. The molecule has 4 heteroatoms. The summed E-state index contributed by atoms with van der Waals surface area (Å²) in [5.74, 6) is 0.445. The van der Waals surface area contributed by atoms with Crippen LogP contribution in [0.3, 0.4) is 0 Å². The van der Waals surface area contributed by atoms with Gasteiger partial charge in [-0.2, -0.15) is 4.99 Å². The molecule has 0 atom stereocenters. The van der Waals surface area contributed by atoms with Crippen molar-refractivity contribution in [2.45, 2.75) is 33.1 Å². The van der Waals surface area contributed by atoms with E-state index in [1.165, 1.54) is 10.3 Å². The number of aromatic nitrogens is 1. The van der Waals surface area contributed by atoms with Crippen LogP contribution in [0.5, 0.6) is 0 Å². The van der Waals surface area contributed by atoms with Crippen molar-refractivity contribution in [2.24, 2.45) is 12.0 Å². The summed E-state index contributed by atoms with van der Waals surface area (Å²) < 4.78 is 3.17. The van der Waals surface area contributed by atoms with E-state index in [9.17, 15) is 4.79 Å². The lowest BCUT2D eigenvalue weighted by atomic mass is 10.0. The molecule has 1 amide bonds. The standard InChI is InChI=1S/C14H18N2OS/c1-5-13(17)15-14-16(4)11-7-6-10(9(2)3)8-12(11)18-14/h6-9H,5H2,1-4H3. The van der Waals surface area contributed by atoms with Crippen LogP contribution in [0.15, 0.2) is 23.2 Å². The molecule has 96 valence electrons. The van der Waals surface area contributed by atoms with E-state index in [4.69, 9.17) is 0 Å². The van der Waals surface area contributed by atoms with Crippen molar-refractivity contribution < 1.29 is 4.79 Å². The number of rotatable bonds is 2. The first kappa shape index (κ1) is 13.0. The van der Waals surface area contributed by atoms with E-state index >= 15 is 0 Å².